The van der Waals surface area contributed by atoms with E-state index < -0.39 is 10.1 Å². The third kappa shape index (κ3) is 1.93. The maximum atomic E-state index is 11.4. The fraction of sp³-hybridized carbons (Fsp3) is 0.250. The molecule has 0 fully saturated rings. The van der Waals surface area contributed by atoms with Crippen LogP contribution in [0.25, 0.3) is 10.9 Å². The molecule has 5 nitrogen and oxygen atoms in total. The molecule has 1 heterocycles. The number of H-pyrrole nitrogens is 1. The molecule has 0 aliphatic rings. The molecule has 0 aliphatic heterocycles. The summed E-state index contributed by atoms with van der Waals surface area (Å²) in [4.78, 5) is 14.0. The van der Waals surface area contributed by atoms with Gasteiger partial charge in [-0.05, 0) is 43.5 Å². The highest BCUT2D eigenvalue weighted by atomic mass is 32.2. The highest BCUT2D eigenvalue weighted by Crippen LogP contribution is 2.28. The first-order valence-electron chi connectivity index (χ1n) is 5.33. The maximum Gasteiger partial charge on any atom is 0.295 e. The molecule has 0 saturated carbocycles. The van der Waals surface area contributed by atoms with Crippen LogP contribution in [0.1, 0.15) is 16.7 Å². The van der Waals surface area contributed by atoms with Crippen LogP contribution in [0.3, 0.4) is 0 Å². The zero-order valence-electron chi connectivity index (χ0n) is 10.2. The number of rotatable bonds is 1. The van der Waals surface area contributed by atoms with Gasteiger partial charge in [-0.25, -0.2) is 0 Å². The Kier molecular flexibility index (Phi) is 2.79. The van der Waals surface area contributed by atoms with Gasteiger partial charge < -0.3 is 4.98 Å². The van der Waals surface area contributed by atoms with Crippen LogP contribution in [0.4, 0.5) is 0 Å². The van der Waals surface area contributed by atoms with Gasteiger partial charge in [0.25, 0.3) is 10.1 Å². The van der Waals surface area contributed by atoms with Crippen LogP contribution in [0.2, 0.25) is 0 Å². The highest BCUT2D eigenvalue weighted by Gasteiger charge is 2.19. The van der Waals surface area contributed by atoms with Crippen molar-refractivity contribution in [3.63, 3.8) is 0 Å². The maximum absolute atomic E-state index is 11.4. The van der Waals surface area contributed by atoms with Crippen LogP contribution in [-0.4, -0.2) is 18.0 Å². The van der Waals surface area contributed by atoms with Crippen molar-refractivity contribution in [2.24, 2.45) is 0 Å². The summed E-state index contributed by atoms with van der Waals surface area (Å²) in [5, 5.41) is 0.646. The molecular weight excluding hydrogens is 254 g/mol. The van der Waals surface area contributed by atoms with Gasteiger partial charge in [-0.3, -0.25) is 9.35 Å². The topological polar surface area (TPSA) is 87.2 Å². The molecule has 2 rings (SSSR count). The van der Waals surface area contributed by atoms with Crippen LogP contribution in [-0.2, 0) is 10.1 Å². The van der Waals surface area contributed by atoms with Gasteiger partial charge in [-0.2, -0.15) is 8.42 Å². The van der Waals surface area contributed by atoms with Gasteiger partial charge >= 0.3 is 0 Å². The van der Waals surface area contributed by atoms with Crippen LogP contribution in [0.15, 0.2) is 21.8 Å². The van der Waals surface area contributed by atoms with E-state index in [0.717, 1.165) is 0 Å². The van der Waals surface area contributed by atoms with E-state index in [2.05, 4.69) is 4.98 Å². The molecule has 0 amide bonds. The Labute approximate surface area is 104 Å². The first-order chi connectivity index (χ1) is 8.21. The van der Waals surface area contributed by atoms with Crippen LogP contribution >= 0.6 is 0 Å². The van der Waals surface area contributed by atoms with Gasteiger partial charge in [0.2, 0.25) is 5.56 Å². The summed E-state index contributed by atoms with van der Waals surface area (Å²) >= 11 is 0. The predicted molar refractivity (Wildman–Crippen MR) is 68.6 cm³/mol. The normalized spacial score (nSPS) is 12.0. The molecular formula is C12H13NO4S. The first kappa shape index (κ1) is 12.8. The number of aryl methyl sites for hydroxylation is 3. The predicted octanol–water partition coefficient (Wildman–Crippen LogP) is 1.70. The molecule has 2 aromatic rings. The molecule has 0 bridgehead atoms. The minimum absolute atomic E-state index is 0.0925. The van der Waals surface area contributed by atoms with Crippen molar-refractivity contribution in [3.05, 3.63) is 39.2 Å². The van der Waals surface area contributed by atoms with E-state index in [1.807, 2.05) is 0 Å². The molecule has 0 saturated heterocycles. The van der Waals surface area contributed by atoms with Crippen molar-refractivity contribution in [1.29, 1.82) is 0 Å². The zero-order chi connectivity index (χ0) is 13.7. The quantitative estimate of drug-likeness (QED) is 0.770. The average Bonchev–Trinajstić information content (AvgIpc) is 2.11. The molecule has 0 spiro atoms. The van der Waals surface area contributed by atoms with E-state index in [9.17, 15) is 17.8 Å². The molecule has 0 radical (unpaired) electrons. The molecule has 0 atom stereocenters. The Morgan fingerprint density at radius 3 is 2.28 bits per heavy atom. The number of aromatic nitrogens is 1. The number of pyridine rings is 1. The molecule has 96 valence electrons. The second kappa shape index (κ2) is 3.93. The van der Waals surface area contributed by atoms with E-state index in [1.54, 1.807) is 26.8 Å². The van der Waals surface area contributed by atoms with Gasteiger partial charge in [0.15, 0.2) is 0 Å². The van der Waals surface area contributed by atoms with Crippen LogP contribution in [0.5, 0.6) is 0 Å². The summed E-state index contributed by atoms with van der Waals surface area (Å²) in [7, 11) is -4.27. The number of hydrogen-bond donors (Lipinski definition) is 2. The smallest absolute Gasteiger partial charge is 0.295 e. The van der Waals surface area contributed by atoms with Crippen LogP contribution < -0.4 is 5.56 Å². The fourth-order valence-corrected chi connectivity index (χ4v) is 3.36. The summed E-state index contributed by atoms with van der Waals surface area (Å²) in [5.41, 5.74) is 1.86. The standard InChI is InChI=1S/C12H13NO4S/c1-6-5-10(14)13-9-4-7(2)12(18(15,16)17)8(3)11(6)9/h4-5H,1-3H3,(H,13,14)(H,15,16,17). The van der Waals surface area contributed by atoms with Crippen LogP contribution in [0, 0.1) is 20.8 Å². The van der Waals surface area contributed by atoms with Crippen molar-refractivity contribution in [2.45, 2.75) is 25.7 Å². The van der Waals surface area contributed by atoms with Gasteiger partial charge in [0.1, 0.15) is 4.90 Å². The second-order valence-corrected chi connectivity index (χ2v) is 5.72. The molecule has 0 aliphatic carbocycles. The van der Waals surface area contributed by atoms with E-state index >= 15 is 0 Å². The third-order valence-electron chi connectivity index (χ3n) is 2.96. The second-order valence-electron chi connectivity index (χ2n) is 4.36. The van der Waals surface area contributed by atoms with Gasteiger partial charge in [-0.1, -0.05) is 0 Å². The molecule has 18 heavy (non-hydrogen) atoms. The summed E-state index contributed by atoms with van der Waals surface area (Å²) < 4.78 is 32.0. The molecule has 6 heteroatoms. The van der Waals surface area contributed by atoms with E-state index in [-0.39, 0.29) is 10.5 Å². The molecule has 1 aromatic carbocycles. The lowest BCUT2D eigenvalue weighted by molar-refractivity contribution is 0.482. The third-order valence-corrected chi connectivity index (χ3v) is 4.11. The summed E-state index contributed by atoms with van der Waals surface area (Å²) in [6, 6.07) is 2.96. The summed E-state index contributed by atoms with van der Waals surface area (Å²) in [6.45, 7) is 4.92. The Morgan fingerprint density at radius 2 is 1.72 bits per heavy atom. The monoisotopic (exact) mass is 267 g/mol. The Morgan fingerprint density at radius 1 is 1.11 bits per heavy atom. The zero-order valence-corrected chi connectivity index (χ0v) is 11.1. The van der Waals surface area contributed by atoms with E-state index in [1.165, 1.54) is 6.07 Å². The van der Waals surface area contributed by atoms with Crippen molar-refractivity contribution in [3.8, 4) is 0 Å². The Hall–Kier alpha value is -1.66. The Balaban J connectivity index is 3.09. The first-order valence-corrected chi connectivity index (χ1v) is 6.77. The SMILES string of the molecule is Cc1cc2[nH]c(=O)cc(C)c2c(C)c1S(=O)(=O)O. The highest BCUT2D eigenvalue weighted by molar-refractivity contribution is 7.86. The number of aromatic amines is 1. The van der Waals surface area contributed by atoms with Crippen molar-refractivity contribution in [1.82, 2.24) is 4.98 Å². The molecule has 2 N–H and O–H groups in total. The van der Waals surface area contributed by atoms with E-state index in [0.29, 0.717) is 27.6 Å². The number of hydrogen-bond acceptors (Lipinski definition) is 3. The fourth-order valence-electron chi connectivity index (χ4n) is 2.41. The number of benzene rings is 1. The van der Waals surface area contributed by atoms with Gasteiger partial charge in [0, 0.05) is 17.0 Å². The molecule has 0 unspecified atom stereocenters. The Bertz CT molecular complexity index is 803. The average molecular weight is 267 g/mol. The van der Waals surface area contributed by atoms with Gasteiger partial charge in [-0.15, -0.1) is 0 Å². The van der Waals surface area contributed by atoms with Crippen molar-refractivity contribution in [2.75, 3.05) is 0 Å². The molecule has 1 aromatic heterocycles. The lowest BCUT2D eigenvalue weighted by Gasteiger charge is -2.12. The number of fused-ring (bicyclic) bond motifs is 1. The lowest BCUT2D eigenvalue weighted by Crippen LogP contribution is -2.09. The minimum atomic E-state index is -4.27. The van der Waals surface area contributed by atoms with E-state index in [4.69, 9.17) is 0 Å². The number of nitrogens with one attached hydrogen (secondary N) is 1. The summed E-state index contributed by atoms with van der Waals surface area (Å²) in [5.74, 6) is 0. The van der Waals surface area contributed by atoms with Gasteiger partial charge in [0.05, 0.1) is 0 Å². The van der Waals surface area contributed by atoms with Crippen molar-refractivity contribution < 1.29 is 13.0 Å². The van der Waals surface area contributed by atoms with Crippen molar-refractivity contribution >= 4 is 21.0 Å². The largest absolute Gasteiger partial charge is 0.322 e. The summed E-state index contributed by atoms with van der Waals surface area (Å²) in [6.07, 6.45) is 0. The minimum Gasteiger partial charge on any atom is -0.322 e. The lowest BCUT2D eigenvalue weighted by atomic mass is 10.0.